The van der Waals surface area contributed by atoms with Crippen LogP contribution in [0.2, 0.25) is 0 Å². The zero-order valence-corrected chi connectivity index (χ0v) is 35.9. The van der Waals surface area contributed by atoms with Crippen molar-refractivity contribution in [2.75, 3.05) is 14.7 Å². The van der Waals surface area contributed by atoms with Gasteiger partial charge in [0.05, 0.1) is 0 Å². The van der Waals surface area contributed by atoms with Crippen molar-refractivity contribution in [1.29, 1.82) is 5.26 Å². The summed E-state index contributed by atoms with van der Waals surface area (Å²) in [7, 11) is 0. The number of rotatable bonds is 9. The van der Waals surface area contributed by atoms with Gasteiger partial charge in [0.1, 0.15) is 0 Å². The first kappa shape index (κ1) is 38.1. The van der Waals surface area contributed by atoms with Crippen LogP contribution in [-0.4, -0.2) is 13.3 Å². The molecular weight excluding hydrogens is 815 g/mol. The molecule has 292 valence electrons. The topological polar surface area (TPSA) is 37.9 Å². The van der Waals surface area contributed by atoms with Crippen molar-refractivity contribution in [2.24, 2.45) is 0 Å². The van der Waals surface area contributed by atoms with E-state index in [0.29, 0.717) is 11.3 Å². The maximum atomic E-state index is 10.3. The van der Waals surface area contributed by atoms with E-state index in [9.17, 15) is 5.26 Å². The number of benzene rings is 9. The average Bonchev–Trinajstić information content (AvgIpc) is 3.35. The molecule has 0 bridgehead atoms. The molecule has 0 fully saturated rings. The van der Waals surface area contributed by atoms with Gasteiger partial charge in [0.25, 0.3) is 0 Å². The number of fused-ring (bicyclic) bond motifs is 2. The van der Waals surface area contributed by atoms with Crippen LogP contribution in [-0.2, 0) is 0 Å². The Morgan fingerprint density at radius 2 is 0.790 bits per heavy atom. The second kappa shape index (κ2) is 16.5. The fourth-order valence-electron chi connectivity index (χ4n) is 9.09. The van der Waals surface area contributed by atoms with Crippen LogP contribution in [0.1, 0.15) is 5.56 Å². The van der Waals surface area contributed by atoms with E-state index in [2.05, 4.69) is 244 Å². The SMILES string of the molecule is [C-]#[N+]c1cc(C#N)cc(N2c3ccc(N(c4ccccc4)c4ccccc4)c[c]3[Ge]([c]3ccccc3)([c]3ccccc3)[c]3cc(N(c4ccccc4)c4ccccc4)ccc32)c1. The molecule has 1 aliphatic heterocycles. The van der Waals surface area contributed by atoms with Gasteiger partial charge in [-0.25, -0.2) is 0 Å². The Balaban J connectivity index is 1.35. The molecule has 0 N–H and O–H groups in total. The average molecular weight is 855 g/mol. The Morgan fingerprint density at radius 3 is 1.15 bits per heavy atom. The zero-order valence-electron chi connectivity index (χ0n) is 33.8. The summed E-state index contributed by atoms with van der Waals surface area (Å²) in [4.78, 5) is 10.8. The van der Waals surface area contributed by atoms with Crippen molar-refractivity contribution in [3.8, 4) is 6.07 Å². The molecule has 9 aromatic carbocycles. The van der Waals surface area contributed by atoms with Gasteiger partial charge in [-0.05, 0) is 0 Å². The number of anilines is 9. The van der Waals surface area contributed by atoms with E-state index in [4.69, 9.17) is 6.57 Å². The fourth-order valence-corrected chi connectivity index (χ4v) is 19.9. The molecule has 0 aliphatic carbocycles. The summed E-state index contributed by atoms with van der Waals surface area (Å²) in [6.45, 7) is 8.08. The van der Waals surface area contributed by atoms with Gasteiger partial charge in [-0.15, -0.1) is 0 Å². The molecule has 6 heteroatoms. The second-order valence-electron chi connectivity index (χ2n) is 15.2. The molecule has 0 atom stereocenters. The third-order valence-corrected chi connectivity index (χ3v) is 21.8. The van der Waals surface area contributed by atoms with Crippen molar-refractivity contribution in [3.63, 3.8) is 0 Å². The number of hydrogen-bond donors (Lipinski definition) is 0. The van der Waals surface area contributed by atoms with Crippen molar-refractivity contribution in [2.45, 2.75) is 0 Å². The minimum atomic E-state index is -4.12. The summed E-state index contributed by atoms with van der Waals surface area (Å²) >= 11 is -4.12. The van der Waals surface area contributed by atoms with Crippen LogP contribution in [0.5, 0.6) is 0 Å². The molecule has 1 aliphatic rings. The Labute approximate surface area is 365 Å². The first-order valence-electron chi connectivity index (χ1n) is 20.6. The molecular formula is C56H39GeN5. The number of para-hydroxylation sites is 4. The van der Waals surface area contributed by atoms with Crippen LogP contribution in [0.25, 0.3) is 4.85 Å². The molecule has 10 rings (SSSR count). The van der Waals surface area contributed by atoms with Crippen molar-refractivity contribution < 1.29 is 0 Å². The van der Waals surface area contributed by atoms with Gasteiger partial charge in [0, 0.05) is 0 Å². The van der Waals surface area contributed by atoms with E-state index in [1.807, 2.05) is 12.1 Å². The van der Waals surface area contributed by atoms with Gasteiger partial charge in [0.15, 0.2) is 0 Å². The second-order valence-corrected chi connectivity index (χ2v) is 23.0. The van der Waals surface area contributed by atoms with Crippen molar-refractivity contribution in [3.05, 3.63) is 254 Å². The Hall–Kier alpha value is -8.10. The van der Waals surface area contributed by atoms with Crippen LogP contribution < -0.4 is 32.3 Å². The maximum absolute atomic E-state index is 10.3. The molecule has 0 spiro atoms. The third kappa shape index (κ3) is 6.68. The molecule has 0 radical (unpaired) electrons. The van der Waals surface area contributed by atoms with Crippen LogP contribution in [0.3, 0.4) is 0 Å². The van der Waals surface area contributed by atoms with Gasteiger partial charge in [-0.2, -0.15) is 0 Å². The standard InChI is InChI=1S/C56H39GeN5/c1-59-45-36-42(41-58)37-52(38-45)62-55-34-32-50(60(46-24-12-4-13-25-46)47-26-14-5-15-27-47)39-53(55)57(43-20-8-2-9-21-43,44-22-10-3-11-23-44)54-40-51(33-35-56(54)62)61(48-28-16-6-17-29-48)49-30-18-7-19-31-49/h2-40H. The van der Waals surface area contributed by atoms with Crippen LogP contribution >= 0.6 is 0 Å². The van der Waals surface area contributed by atoms with Gasteiger partial charge < -0.3 is 0 Å². The van der Waals surface area contributed by atoms with Crippen LogP contribution in [0.4, 0.5) is 56.9 Å². The van der Waals surface area contributed by atoms with E-state index in [1.165, 1.54) is 17.6 Å². The molecule has 9 aromatic rings. The Kier molecular flexibility index (Phi) is 10.2. The van der Waals surface area contributed by atoms with E-state index >= 15 is 0 Å². The predicted octanol–water partition coefficient (Wildman–Crippen LogP) is 12.2. The fraction of sp³-hybridized carbons (Fsp3) is 0. The first-order chi connectivity index (χ1) is 30.7. The Morgan fingerprint density at radius 1 is 0.419 bits per heavy atom. The summed E-state index contributed by atoms with van der Waals surface area (Å²) < 4.78 is 5.05. The molecule has 0 amide bonds. The molecule has 0 unspecified atom stereocenters. The van der Waals surface area contributed by atoms with Crippen LogP contribution in [0, 0.1) is 17.9 Å². The number of hydrogen-bond acceptors (Lipinski definition) is 4. The molecule has 5 nitrogen and oxygen atoms in total. The summed E-state index contributed by atoms with van der Waals surface area (Å²) in [5.74, 6) is 0. The molecule has 0 saturated carbocycles. The van der Waals surface area contributed by atoms with Crippen molar-refractivity contribution >= 4 is 87.7 Å². The molecule has 0 aromatic heterocycles. The Bertz CT molecular complexity index is 2810. The number of nitriles is 1. The van der Waals surface area contributed by atoms with Gasteiger partial charge in [0.2, 0.25) is 0 Å². The predicted molar refractivity (Wildman–Crippen MR) is 259 cm³/mol. The normalized spacial score (nSPS) is 12.3. The zero-order chi connectivity index (χ0) is 41.9. The first-order valence-corrected chi connectivity index (χ1v) is 24.8. The van der Waals surface area contributed by atoms with E-state index in [1.54, 1.807) is 6.07 Å². The van der Waals surface area contributed by atoms with Gasteiger partial charge >= 0.3 is 367 Å². The molecule has 1 heterocycles. The van der Waals surface area contributed by atoms with Gasteiger partial charge in [-0.3, -0.25) is 0 Å². The summed E-state index contributed by atoms with van der Waals surface area (Å²) in [5.41, 5.74) is 9.94. The molecule has 62 heavy (non-hydrogen) atoms. The summed E-state index contributed by atoms with van der Waals surface area (Å²) in [6.07, 6.45) is 0. The minimum absolute atomic E-state index is 0.415. The van der Waals surface area contributed by atoms with Crippen LogP contribution in [0.15, 0.2) is 237 Å². The summed E-state index contributed by atoms with van der Waals surface area (Å²) in [6, 6.07) is 85.9. The van der Waals surface area contributed by atoms with Crippen molar-refractivity contribution in [1.82, 2.24) is 0 Å². The third-order valence-electron chi connectivity index (χ3n) is 11.7. The monoisotopic (exact) mass is 855 g/mol. The molecule has 0 saturated heterocycles. The quantitative estimate of drug-likeness (QED) is 0.107. The van der Waals surface area contributed by atoms with E-state index in [-0.39, 0.29) is 0 Å². The van der Waals surface area contributed by atoms with Gasteiger partial charge in [-0.1, -0.05) is 0 Å². The van der Waals surface area contributed by atoms with E-state index in [0.717, 1.165) is 51.2 Å². The summed E-state index contributed by atoms with van der Waals surface area (Å²) in [5, 5.41) is 10.3. The van der Waals surface area contributed by atoms with E-state index < -0.39 is 13.3 Å². The number of nitrogens with zero attached hydrogens (tertiary/aromatic N) is 5.